The Labute approximate surface area is 305 Å². The van der Waals surface area contributed by atoms with Gasteiger partial charge in [0, 0.05) is 22.5 Å². The summed E-state index contributed by atoms with van der Waals surface area (Å²) >= 11 is 0. The van der Waals surface area contributed by atoms with Gasteiger partial charge in [0.15, 0.2) is 0 Å². The minimum Gasteiger partial charge on any atom is -0.310 e. The van der Waals surface area contributed by atoms with Crippen molar-refractivity contribution in [1.82, 2.24) is 0 Å². The van der Waals surface area contributed by atoms with Gasteiger partial charge in [-0.3, -0.25) is 0 Å². The maximum atomic E-state index is 2.44. The summed E-state index contributed by atoms with van der Waals surface area (Å²) in [4.78, 5) is 2.44. The van der Waals surface area contributed by atoms with Crippen LogP contribution >= 0.6 is 0 Å². The lowest BCUT2D eigenvalue weighted by Gasteiger charge is -2.29. The van der Waals surface area contributed by atoms with Gasteiger partial charge in [0.05, 0.1) is 0 Å². The molecule has 9 aromatic carbocycles. The fourth-order valence-electron chi connectivity index (χ4n) is 8.59. The topological polar surface area (TPSA) is 3.24 Å². The Balaban J connectivity index is 1.13. The smallest absolute Gasteiger partial charge is 0.0468 e. The van der Waals surface area contributed by atoms with Crippen molar-refractivity contribution in [3.8, 4) is 33.4 Å². The highest BCUT2D eigenvalue weighted by Gasteiger charge is 2.35. The fraction of sp³-hybridized carbons (Fsp3) is 0.0588. The van der Waals surface area contributed by atoms with E-state index in [2.05, 4.69) is 207 Å². The molecule has 0 atom stereocenters. The van der Waals surface area contributed by atoms with Crippen molar-refractivity contribution in [2.24, 2.45) is 0 Å². The summed E-state index contributed by atoms with van der Waals surface area (Å²) in [6, 6.07) is 69.3. The van der Waals surface area contributed by atoms with E-state index in [9.17, 15) is 0 Å². The lowest BCUT2D eigenvalue weighted by Crippen LogP contribution is -2.16. The lowest BCUT2D eigenvalue weighted by molar-refractivity contribution is 0.660. The van der Waals surface area contributed by atoms with Crippen molar-refractivity contribution in [3.05, 3.63) is 199 Å². The summed E-state index contributed by atoms with van der Waals surface area (Å²) in [7, 11) is 0. The van der Waals surface area contributed by atoms with E-state index in [4.69, 9.17) is 0 Å². The summed E-state index contributed by atoms with van der Waals surface area (Å²) < 4.78 is 0. The van der Waals surface area contributed by atoms with Crippen LogP contribution in [0.3, 0.4) is 0 Å². The molecule has 246 valence electrons. The van der Waals surface area contributed by atoms with Gasteiger partial charge in [-0.15, -0.1) is 0 Å². The predicted molar refractivity (Wildman–Crippen MR) is 222 cm³/mol. The zero-order chi connectivity index (χ0) is 34.8. The molecule has 1 aliphatic carbocycles. The van der Waals surface area contributed by atoms with Crippen molar-refractivity contribution < 1.29 is 0 Å². The third-order valence-electron chi connectivity index (χ3n) is 11.2. The largest absolute Gasteiger partial charge is 0.310 e. The van der Waals surface area contributed by atoms with Crippen molar-refractivity contribution in [1.29, 1.82) is 0 Å². The molecular weight excluding hydrogens is 627 g/mol. The summed E-state index contributed by atoms with van der Waals surface area (Å²) in [5, 5.41) is 7.57. The van der Waals surface area contributed by atoms with Crippen LogP contribution in [0.25, 0.3) is 65.7 Å². The number of anilines is 3. The molecule has 10 rings (SSSR count). The third kappa shape index (κ3) is 4.85. The summed E-state index contributed by atoms with van der Waals surface area (Å²) in [5.74, 6) is 0. The Bertz CT molecular complexity index is 2830. The van der Waals surface area contributed by atoms with Crippen LogP contribution in [0.4, 0.5) is 17.1 Å². The van der Waals surface area contributed by atoms with E-state index < -0.39 is 0 Å². The third-order valence-corrected chi connectivity index (χ3v) is 11.2. The van der Waals surface area contributed by atoms with E-state index in [1.165, 1.54) is 76.8 Å². The molecule has 52 heavy (non-hydrogen) atoms. The van der Waals surface area contributed by atoms with Crippen molar-refractivity contribution >= 4 is 49.4 Å². The molecule has 1 heteroatoms. The quantitative estimate of drug-likeness (QED) is 0.166. The number of rotatable bonds is 5. The first-order valence-electron chi connectivity index (χ1n) is 18.2. The van der Waals surface area contributed by atoms with Crippen LogP contribution < -0.4 is 4.90 Å². The van der Waals surface area contributed by atoms with Crippen LogP contribution in [0.1, 0.15) is 25.0 Å². The molecule has 0 N–H and O–H groups in total. The molecule has 0 aromatic heterocycles. The minimum atomic E-state index is -0.0974. The van der Waals surface area contributed by atoms with Gasteiger partial charge in [-0.05, 0) is 119 Å². The first-order chi connectivity index (χ1) is 25.5. The average Bonchev–Trinajstić information content (AvgIpc) is 3.43. The van der Waals surface area contributed by atoms with Gasteiger partial charge in [-0.1, -0.05) is 159 Å². The van der Waals surface area contributed by atoms with Crippen LogP contribution in [0.15, 0.2) is 188 Å². The van der Waals surface area contributed by atoms with Gasteiger partial charge < -0.3 is 4.90 Å². The van der Waals surface area contributed by atoms with Gasteiger partial charge in [0.1, 0.15) is 0 Å². The lowest BCUT2D eigenvalue weighted by atomic mass is 9.82. The molecule has 0 spiro atoms. The second kappa shape index (κ2) is 11.8. The van der Waals surface area contributed by atoms with Crippen LogP contribution in [0, 0.1) is 0 Å². The van der Waals surface area contributed by atoms with Gasteiger partial charge >= 0.3 is 0 Å². The molecule has 0 saturated carbocycles. The minimum absolute atomic E-state index is 0.0974. The molecule has 1 nitrogen and oxygen atoms in total. The van der Waals surface area contributed by atoms with Gasteiger partial charge in [-0.25, -0.2) is 0 Å². The highest BCUT2D eigenvalue weighted by Crippen LogP contribution is 2.51. The molecule has 1 aliphatic rings. The van der Waals surface area contributed by atoms with Crippen molar-refractivity contribution in [3.63, 3.8) is 0 Å². The highest BCUT2D eigenvalue weighted by molar-refractivity contribution is 6.08. The van der Waals surface area contributed by atoms with E-state index in [-0.39, 0.29) is 5.41 Å². The molecule has 0 saturated heterocycles. The van der Waals surface area contributed by atoms with Crippen LogP contribution in [-0.4, -0.2) is 0 Å². The molecule has 0 fully saturated rings. The Hall–Kier alpha value is -6.44. The molecule has 9 aromatic rings. The van der Waals surface area contributed by atoms with Crippen LogP contribution in [0.2, 0.25) is 0 Å². The average molecular weight is 664 g/mol. The monoisotopic (exact) mass is 663 g/mol. The number of hydrogen-bond acceptors (Lipinski definition) is 1. The first-order valence-corrected chi connectivity index (χ1v) is 18.2. The number of fused-ring (bicyclic) bond motifs is 7. The zero-order valence-corrected chi connectivity index (χ0v) is 29.3. The molecule has 0 aliphatic heterocycles. The SMILES string of the molecule is CC1(C)c2ccccc2-c2ccc(N(c3cccc(-c4cccc(-c5cccc6ccccc56)c4)c3)c3ccc4c(ccc5ccccc54)c3)cc21. The van der Waals surface area contributed by atoms with Gasteiger partial charge in [-0.2, -0.15) is 0 Å². The second-order valence-electron chi connectivity index (χ2n) is 14.6. The zero-order valence-electron chi connectivity index (χ0n) is 29.3. The van der Waals surface area contributed by atoms with Crippen molar-refractivity contribution in [2.75, 3.05) is 4.90 Å². The Morgan fingerprint density at radius 2 is 0.885 bits per heavy atom. The summed E-state index contributed by atoms with van der Waals surface area (Å²) in [6.07, 6.45) is 0. The summed E-state index contributed by atoms with van der Waals surface area (Å²) in [6.45, 7) is 4.72. The van der Waals surface area contributed by atoms with Gasteiger partial charge in [0.25, 0.3) is 0 Å². The maximum Gasteiger partial charge on any atom is 0.0468 e. The fourth-order valence-corrected chi connectivity index (χ4v) is 8.59. The summed E-state index contributed by atoms with van der Waals surface area (Å²) in [5.41, 5.74) is 13.6. The van der Waals surface area contributed by atoms with E-state index in [1.807, 2.05) is 0 Å². The van der Waals surface area contributed by atoms with E-state index in [0.717, 1.165) is 17.1 Å². The molecule has 0 amide bonds. The molecular formula is C51H37N. The highest BCUT2D eigenvalue weighted by atomic mass is 15.1. The van der Waals surface area contributed by atoms with E-state index in [1.54, 1.807) is 0 Å². The van der Waals surface area contributed by atoms with Crippen LogP contribution in [0.5, 0.6) is 0 Å². The van der Waals surface area contributed by atoms with Crippen LogP contribution in [-0.2, 0) is 5.41 Å². The van der Waals surface area contributed by atoms with E-state index in [0.29, 0.717) is 0 Å². The van der Waals surface area contributed by atoms with Gasteiger partial charge in [0.2, 0.25) is 0 Å². The standard InChI is InChI=1S/C51H37N/c1-51(2)49-23-8-7-21-47(49)48-29-27-42(33-50(48)51)52(41-26-28-46-39(32-41)25-24-35-13-4-6-20-44(35)46)40-18-10-16-37(31-40)36-15-9-17-38(30-36)45-22-11-14-34-12-3-5-19-43(34)45/h3-33H,1-2H3. The predicted octanol–water partition coefficient (Wildman–Crippen LogP) is 14.3. The first kappa shape index (κ1) is 30.4. The van der Waals surface area contributed by atoms with E-state index >= 15 is 0 Å². The number of hydrogen-bond donors (Lipinski definition) is 0. The molecule has 0 bridgehead atoms. The molecule has 0 heterocycles. The normalized spacial score (nSPS) is 13.0. The maximum absolute atomic E-state index is 2.44. The second-order valence-corrected chi connectivity index (χ2v) is 14.6. The molecule has 0 unspecified atom stereocenters. The Morgan fingerprint density at radius 1 is 0.327 bits per heavy atom. The van der Waals surface area contributed by atoms with Crippen molar-refractivity contribution in [2.45, 2.75) is 19.3 Å². The Morgan fingerprint density at radius 3 is 1.77 bits per heavy atom. The number of benzene rings is 9. The molecule has 0 radical (unpaired) electrons. The number of nitrogens with zero attached hydrogens (tertiary/aromatic N) is 1. The Kier molecular flexibility index (Phi) is 6.91.